The zero-order valence-electron chi connectivity index (χ0n) is 15.0. The van der Waals surface area contributed by atoms with E-state index in [0.717, 1.165) is 16.0 Å². The van der Waals surface area contributed by atoms with Crippen LogP contribution in [0.15, 0.2) is 24.3 Å². The molecular formula is C19H24N2O4. The molecule has 2 fully saturated rings. The van der Waals surface area contributed by atoms with E-state index in [-0.39, 0.29) is 11.8 Å². The summed E-state index contributed by atoms with van der Waals surface area (Å²) in [7, 11) is 2.81. The Balaban J connectivity index is 2.17. The van der Waals surface area contributed by atoms with E-state index in [1.807, 2.05) is 38.1 Å². The number of rotatable bonds is 4. The molecule has 0 aliphatic carbocycles. The number of methoxy groups -OCH3 is 1. The molecule has 6 heteroatoms. The number of imide groups is 1. The van der Waals surface area contributed by atoms with Crippen LogP contribution in [0, 0.1) is 18.8 Å². The molecular weight excluding hydrogens is 320 g/mol. The molecule has 0 saturated carbocycles. The van der Waals surface area contributed by atoms with Crippen molar-refractivity contribution in [1.29, 1.82) is 0 Å². The van der Waals surface area contributed by atoms with Gasteiger partial charge in [0, 0.05) is 13.1 Å². The first-order valence-electron chi connectivity index (χ1n) is 8.62. The molecule has 1 aromatic rings. The highest BCUT2D eigenvalue weighted by Gasteiger charge is 2.67. The van der Waals surface area contributed by atoms with Gasteiger partial charge in [0.25, 0.3) is 0 Å². The van der Waals surface area contributed by atoms with Crippen LogP contribution >= 0.6 is 0 Å². The predicted molar refractivity (Wildman–Crippen MR) is 91.5 cm³/mol. The third-order valence-corrected chi connectivity index (χ3v) is 5.59. The lowest BCUT2D eigenvalue weighted by Crippen LogP contribution is -2.56. The molecule has 4 atom stereocenters. The summed E-state index contributed by atoms with van der Waals surface area (Å²) in [6.45, 7) is 3.92. The van der Waals surface area contributed by atoms with Crippen LogP contribution in [0.1, 0.15) is 36.9 Å². The second-order valence-corrected chi connectivity index (χ2v) is 6.93. The minimum Gasteiger partial charge on any atom is -0.468 e. The minimum atomic E-state index is -1.17. The number of carbonyl (C=O) groups excluding carboxylic acids is 3. The molecule has 2 aliphatic heterocycles. The van der Waals surface area contributed by atoms with Crippen LogP contribution in [0.5, 0.6) is 0 Å². The maximum Gasteiger partial charge on any atom is 0.326 e. The lowest BCUT2D eigenvalue weighted by atomic mass is 9.77. The van der Waals surface area contributed by atoms with Crippen LogP contribution in [-0.4, -0.2) is 42.4 Å². The molecule has 2 aliphatic rings. The highest BCUT2D eigenvalue weighted by Crippen LogP contribution is 2.50. The van der Waals surface area contributed by atoms with Gasteiger partial charge in [-0.1, -0.05) is 37.6 Å². The van der Waals surface area contributed by atoms with E-state index in [0.29, 0.717) is 12.8 Å². The van der Waals surface area contributed by atoms with Crippen LogP contribution in [-0.2, 0) is 19.1 Å². The molecule has 2 heterocycles. The van der Waals surface area contributed by atoms with Crippen molar-refractivity contribution >= 4 is 17.8 Å². The predicted octanol–water partition coefficient (Wildman–Crippen LogP) is 1.58. The molecule has 3 rings (SSSR count). The zero-order chi connectivity index (χ0) is 18.4. The van der Waals surface area contributed by atoms with Gasteiger partial charge in [-0.15, -0.1) is 0 Å². The monoisotopic (exact) mass is 344 g/mol. The Morgan fingerprint density at radius 1 is 1.28 bits per heavy atom. The number of fused-ring (bicyclic) bond motifs is 1. The largest absolute Gasteiger partial charge is 0.468 e. The summed E-state index contributed by atoms with van der Waals surface area (Å²) in [5.74, 6) is -2.35. The third kappa shape index (κ3) is 2.39. The number of nitrogens with zero attached hydrogens (tertiary/aromatic N) is 1. The molecule has 0 spiro atoms. The standard InChI is InChI=1S/C19H24N2O4/c1-5-10-19(18(24)25-4)14-13(16(22)21(3)17(14)23)15(20-19)12-9-7-6-8-11(12)2/h6-9,13-15,20H,5,10H2,1-4H3/t13-,14+,15-,19-/m0/s1. The Bertz CT molecular complexity index is 732. The van der Waals surface area contributed by atoms with E-state index in [9.17, 15) is 14.4 Å². The summed E-state index contributed by atoms with van der Waals surface area (Å²) in [5, 5.41) is 3.35. The van der Waals surface area contributed by atoms with Gasteiger partial charge in [-0.25, -0.2) is 0 Å². The Kier molecular flexibility index (Phi) is 4.41. The molecule has 1 aromatic carbocycles. The van der Waals surface area contributed by atoms with Crippen molar-refractivity contribution in [3.05, 3.63) is 35.4 Å². The van der Waals surface area contributed by atoms with Crippen molar-refractivity contribution in [2.75, 3.05) is 14.2 Å². The molecule has 0 radical (unpaired) electrons. The Morgan fingerprint density at radius 3 is 2.56 bits per heavy atom. The van der Waals surface area contributed by atoms with Crippen LogP contribution < -0.4 is 5.32 Å². The smallest absolute Gasteiger partial charge is 0.326 e. The first-order valence-corrected chi connectivity index (χ1v) is 8.62. The van der Waals surface area contributed by atoms with Crippen molar-refractivity contribution in [2.45, 2.75) is 38.3 Å². The Morgan fingerprint density at radius 2 is 1.96 bits per heavy atom. The molecule has 1 N–H and O–H groups in total. The lowest BCUT2D eigenvalue weighted by molar-refractivity contribution is -0.154. The van der Waals surface area contributed by atoms with Crippen molar-refractivity contribution in [3.8, 4) is 0 Å². The molecule has 25 heavy (non-hydrogen) atoms. The number of carbonyl (C=O) groups is 3. The third-order valence-electron chi connectivity index (χ3n) is 5.59. The van der Waals surface area contributed by atoms with Crippen LogP contribution in [0.3, 0.4) is 0 Å². The summed E-state index contributed by atoms with van der Waals surface area (Å²) < 4.78 is 5.05. The van der Waals surface area contributed by atoms with Gasteiger partial charge in [0.15, 0.2) is 0 Å². The molecule has 0 aromatic heterocycles. The van der Waals surface area contributed by atoms with Gasteiger partial charge >= 0.3 is 5.97 Å². The quantitative estimate of drug-likeness (QED) is 0.663. The van der Waals surface area contributed by atoms with E-state index in [1.54, 1.807) is 0 Å². The number of amides is 2. The van der Waals surface area contributed by atoms with Gasteiger partial charge in [-0.05, 0) is 24.5 Å². The van der Waals surface area contributed by atoms with Crippen molar-refractivity contribution < 1.29 is 19.1 Å². The number of esters is 1. The number of hydrogen-bond donors (Lipinski definition) is 1. The van der Waals surface area contributed by atoms with Gasteiger partial charge in [0.05, 0.1) is 18.9 Å². The topological polar surface area (TPSA) is 75.7 Å². The van der Waals surface area contributed by atoms with E-state index in [4.69, 9.17) is 4.74 Å². The first kappa shape index (κ1) is 17.6. The zero-order valence-corrected chi connectivity index (χ0v) is 15.0. The van der Waals surface area contributed by atoms with Gasteiger partial charge in [0.1, 0.15) is 5.54 Å². The average Bonchev–Trinajstić information content (AvgIpc) is 3.05. The van der Waals surface area contributed by atoms with E-state index < -0.39 is 29.4 Å². The molecule has 2 amide bonds. The fourth-order valence-corrected chi connectivity index (χ4v) is 4.45. The number of aryl methyl sites for hydroxylation is 1. The molecule has 134 valence electrons. The molecule has 0 unspecified atom stereocenters. The number of nitrogens with one attached hydrogen (secondary N) is 1. The maximum absolute atomic E-state index is 12.8. The minimum absolute atomic E-state index is 0.238. The van der Waals surface area contributed by atoms with Gasteiger partial charge < -0.3 is 4.74 Å². The van der Waals surface area contributed by atoms with E-state index in [2.05, 4.69) is 5.32 Å². The summed E-state index contributed by atoms with van der Waals surface area (Å²) in [5.41, 5.74) is 0.792. The van der Waals surface area contributed by atoms with Crippen LogP contribution in [0.2, 0.25) is 0 Å². The summed E-state index contributed by atoms with van der Waals surface area (Å²) in [6.07, 6.45) is 1.13. The number of likely N-dealkylation sites (tertiary alicyclic amines) is 1. The van der Waals surface area contributed by atoms with E-state index in [1.165, 1.54) is 14.2 Å². The van der Waals surface area contributed by atoms with Crippen molar-refractivity contribution in [2.24, 2.45) is 11.8 Å². The average molecular weight is 344 g/mol. The lowest BCUT2D eigenvalue weighted by Gasteiger charge is -2.32. The summed E-state index contributed by atoms with van der Waals surface area (Å²) >= 11 is 0. The highest BCUT2D eigenvalue weighted by atomic mass is 16.5. The second-order valence-electron chi connectivity index (χ2n) is 6.93. The van der Waals surface area contributed by atoms with Gasteiger partial charge in [-0.3, -0.25) is 24.6 Å². The summed E-state index contributed by atoms with van der Waals surface area (Å²) in [6, 6.07) is 7.35. The molecule has 0 bridgehead atoms. The number of benzene rings is 1. The number of hydrogen-bond acceptors (Lipinski definition) is 5. The highest BCUT2D eigenvalue weighted by molar-refractivity contribution is 6.09. The summed E-state index contributed by atoms with van der Waals surface area (Å²) in [4.78, 5) is 39.5. The first-order chi connectivity index (χ1) is 11.9. The fourth-order valence-electron chi connectivity index (χ4n) is 4.45. The number of ether oxygens (including phenoxy) is 1. The molecule has 2 saturated heterocycles. The van der Waals surface area contributed by atoms with E-state index >= 15 is 0 Å². The van der Waals surface area contributed by atoms with Gasteiger partial charge in [0.2, 0.25) is 11.8 Å². The van der Waals surface area contributed by atoms with Crippen molar-refractivity contribution in [1.82, 2.24) is 10.2 Å². The normalized spacial score (nSPS) is 31.4. The second kappa shape index (κ2) is 6.26. The van der Waals surface area contributed by atoms with Crippen LogP contribution in [0.4, 0.5) is 0 Å². The Hall–Kier alpha value is -2.21. The fraction of sp³-hybridized carbons (Fsp3) is 0.526. The van der Waals surface area contributed by atoms with Crippen LogP contribution in [0.25, 0.3) is 0 Å². The Labute approximate surface area is 147 Å². The maximum atomic E-state index is 12.8. The van der Waals surface area contributed by atoms with Gasteiger partial charge in [-0.2, -0.15) is 0 Å². The molecule has 6 nitrogen and oxygen atoms in total. The van der Waals surface area contributed by atoms with Crippen molar-refractivity contribution in [3.63, 3.8) is 0 Å². The SMILES string of the molecule is CCC[C@]1(C(=O)OC)N[C@@H](c2ccccc2C)[C@H]2C(=O)N(C)C(=O)[C@@H]21.